The van der Waals surface area contributed by atoms with Crippen LogP contribution in [0.4, 0.5) is 18.9 Å². The average molecular weight is 734 g/mol. The topological polar surface area (TPSA) is 154 Å². The first-order valence-corrected chi connectivity index (χ1v) is 19.6. The molecular weight excluding hydrogens is 690 g/mol. The van der Waals surface area contributed by atoms with E-state index in [0.717, 1.165) is 17.0 Å². The Morgan fingerprint density at radius 1 is 0.935 bits per heavy atom. The lowest BCUT2D eigenvalue weighted by molar-refractivity contribution is -0.0436. The third-order valence-electron chi connectivity index (χ3n) is 5.78. The summed E-state index contributed by atoms with van der Waals surface area (Å²) < 4.78 is 120. The van der Waals surface area contributed by atoms with E-state index in [1.165, 1.54) is 11.8 Å². The van der Waals surface area contributed by atoms with Gasteiger partial charge in [0, 0.05) is 23.2 Å². The molecular formula is C28H43F3N3O8PS3. The number of phosphoric ester groups is 1. The molecule has 0 bridgehead atoms. The van der Waals surface area contributed by atoms with Crippen molar-refractivity contribution in [3.8, 4) is 0 Å². The zero-order valence-corrected chi connectivity index (χ0v) is 30.2. The Morgan fingerprint density at radius 3 is 2.00 bits per heavy atom. The van der Waals surface area contributed by atoms with Crippen molar-refractivity contribution >= 4 is 45.1 Å². The Morgan fingerprint density at radius 2 is 1.50 bits per heavy atom. The minimum Gasteiger partial charge on any atom is -0.380 e. The number of halogens is 3. The molecule has 18 heteroatoms. The summed E-state index contributed by atoms with van der Waals surface area (Å²) in [6.07, 6.45) is 0.313. The van der Waals surface area contributed by atoms with E-state index in [1.54, 1.807) is 48.6 Å². The SMILES string of the molecule is CN(CCOP(=O)(OC(C)(C)C)OC(C)(C)C)CC[C@H](CSc1ccccc1)Nc1ccc(S(N)(=O)=O)cc1S(=O)(=O)C(F)(F)F. The minimum atomic E-state index is -5.95. The maximum atomic E-state index is 13.6. The van der Waals surface area contributed by atoms with Crippen LogP contribution in [0.5, 0.6) is 0 Å². The molecule has 0 amide bonds. The van der Waals surface area contributed by atoms with Gasteiger partial charge in [-0.1, -0.05) is 18.2 Å². The Balaban J connectivity index is 2.27. The van der Waals surface area contributed by atoms with Gasteiger partial charge < -0.3 is 10.2 Å². The molecule has 0 aliphatic carbocycles. The van der Waals surface area contributed by atoms with Gasteiger partial charge in [0.1, 0.15) is 4.90 Å². The molecule has 0 aliphatic heterocycles. The molecule has 0 fully saturated rings. The molecule has 0 radical (unpaired) electrons. The summed E-state index contributed by atoms with van der Waals surface area (Å²) in [5, 5.41) is 7.96. The fourth-order valence-corrected chi connectivity index (χ4v) is 8.16. The number of hydrogen-bond donors (Lipinski definition) is 2. The van der Waals surface area contributed by atoms with E-state index in [2.05, 4.69) is 5.32 Å². The van der Waals surface area contributed by atoms with Gasteiger partial charge in [-0.15, -0.1) is 11.8 Å². The second kappa shape index (κ2) is 15.7. The zero-order chi connectivity index (χ0) is 35.2. The smallest absolute Gasteiger partial charge is 0.380 e. The van der Waals surface area contributed by atoms with E-state index in [1.807, 2.05) is 35.2 Å². The Labute approximate surface area is 274 Å². The number of nitrogens with one attached hydrogen (secondary N) is 1. The van der Waals surface area contributed by atoms with E-state index in [0.29, 0.717) is 24.8 Å². The van der Waals surface area contributed by atoms with Gasteiger partial charge in [0.25, 0.3) is 9.84 Å². The molecule has 1 atom stereocenters. The summed E-state index contributed by atoms with van der Waals surface area (Å²) >= 11 is 1.39. The van der Waals surface area contributed by atoms with Crippen LogP contribution in [0.2, 0.25) is 0 Å². The number of rotatable bonds is 16. The Kier molecular flexibility index (Phi) is 13.8. The lowest BCUT2D eigenvalue weighted by atomic mass is 10.2. The minimum absolute atomic E-state index is 0.0280. The van der Waals surface area contributed by atoms with Gasteiger partial charge in [-0.2, -0.15) is 13.2 Å². The summed E-state index contributed by atoms with van der Waals surface area (Å²) in [5.41, 5.74) is -7.74. The van der Waals surface area contributed by atoms with E-state index < -0.39 is 65.9 Å². The monoisotopic (exact) mass is 733 g/mol. The molecule has 0 aromatic heterocycles. The first kappa shape index (κ1) is 40.5. The van der Waals surface area contributed by atoms with Crippen LogP contribution in [0.3, 0.4) is 0 Å². The number of phosphoric acid groups is 1. The molecule has 2 rings (SSSR count). The molecule has 0 saturated carbocycles. The third-order valence-corrected chi connectivity index (χ3v) is 11.4. The molecule has 2 aromatic rings. The number of anilines is 1. The molecule has 2 aromatic carbocycles. The molecule has 0 saturated heterocycles. The first-order chi connectivity index (χ1) is 20.8. The highest BCUT2D eigenvalue weighted by molar-refractivity contribution is 7.99. The van der Waals surface area contributed by atoms with Crippen molar-refractivity contribution in [3.05, 3.63) is 48.5 Å². The highest BCUT2D eigenvalue weighted by atomic mass is 32.2. The van der Waals surface area contributed by atoms with Crippen molar-refractivity contribution in [2.45, 2.75) is 85.4 Å². The van der Waals surface area contributed by atoms with Gasteiger partial charge in [-0.05, 0) is 91.9 Å². The van der Waals surface area contributed by atoms with Crippen molar-refractivity contribution in [1.82, 2.24) is 4.90 Å². The standard InChI is InChI=1S/C28H43F3N3O8PS3/c1-26(2,3)41-43(35,42-27(4,5)6)40-18-17-34(7)16-15-21(20-44-22-11-9-8-10-12-22)33-24-14-13-23(46(32,38)39)19-25(24)45(36,37)28(29,30)31/h8-14,19,21,33H,15-18,20H2,1-7H3,(H2,32,38,39)/t21-/m1/s1. The first-order valence-electron chi connectivity index (χ1n) is 14.1. The van der Waals surface area contributed by atoms with E-state index in [4.69, 9.17) is 18.7 Å². The molecule has 0 heterocycles. The number of sulfonamides is 1. The normalized spacial score (nSPS) is 14.4. The van der Waals surface area contributed by atoms with Crippen molar-refractivity contribution in [3.63, 3.8) is 0 Å². The fraction of sp³-hybridized carbons (Fsp3) is 0.571. The maximum Gasteiger partial charge on any atom is 0.501 e. The number of primary sulfonamides is 1. The number of likely N-dealkylation sites (N-methyl/N-ethyl adjacent to an activating group) is 1. The summed E-state index contributed by atoms with van der Waals surface area (Å²) in [4.78, 5) is 0.672. The molecule has 0 unspecified atom stereocenters. The number of thioether (sulfide) groups is 1. The maximum absolute atomic E-state index is 13.6. The van der Waals surface area contributed by atoms with Crippen molar-refractivity contribution in [2.24, 2.45) is 5.14 Å². The molecule has 3 N–H and O–H groups in total. The van der Waals surface area contributed by atoms with Crippen LogP contribution < -0.4 is 10.5 Å². The lowest BCUT2D eigenvalue weighted by Gasteiger charge is -2.31. The van der Waals surface area contributed by atoms with Gasteiger partial charge in [0.15, 0.2) is 0 Å². The van der Waals surface area contributed by atoms with Gasteiger partial charge in [-0.25, -0.2) is 26.5 Å². The van der Waals surface area contributed by atoms with Gasteiger partial charge in [0.2, 0.25) is 10.0 Å². The molecule has 0 aliphatic rings. The largest absolute Gasteiger partial charge is 0.501 e. The summed E-state index contributed by atoms with van der Waals surface area (Å²) in [5.74, 6) is 0.310. The number of hydrogen-bond acceptors (Lipinski definition) is 11. The van der Waals surface area contributed by atoms with Gasteiger partial charge in [0.05, 0.1) is 28.4 Å². The van der Waals surface area contributed by atoms with Crippen molar-refractivity contribution in [2.75, 3.05) is 37.8 Å². The third kappa shape index (κ3) is 13.4. The van der Waals surface area contributed by atoms with E-state index in [-0.39, 0.29) is 13.2 Å². The van der Waals surface area contributed by atoms with Gasteiger partial charge >= 0.3 is 13.3 Å². The second-order valence-corrected chi connectivity index (χ2v) is 18.5. The number of nitrogens with two attached hydrogens (primary N) is 1. The quantitative estimate of drug-likeness (QED) is 0.148. The molecule has 46 heavy (non-hydrogen) atoms. The lowest BCUT2D eigenvalue weighted by Crippen LogP contribution is -2.32. The van der Waals surface area contributed by atoms with Crippen LogP contribution in [-0.4, -0.2) is 77.0 Å². The predicted molar refractivity (Wildman–Crippen MR) is 173 cm³/mol. The van der Waals surface area contributed by atoms with Crippen LogP contribution in [0.25, 0.3) is 0 Å². The van der Waals surface area contributed by atoms with Crippen LogP contribution >= 0.6 is 19.6 Å². The second-order valence-electron chi connectivity index (χ2n) is 12.4. The number of alkyl halides is 3. The Hall–Kier alpha value is -1.69. The Bertz CT molecular complexity index is 1540. The summed E-state index contributed by atoms with van der Waals surface area (Å²) in [6, 6.07) is 10.9. The fourth-order valence-electron chi connectivity index (χ4n) is 3.82. The number of benzene rings is 2. The zero-order valence-electron chi connectivity index (χ0n) is 26.8. The highest BCUT2D eigenvalue weighted by Crippen LogP contribution is 2.55. The number of sulfone groups is 1. The van der Waals surface area contributed by atoms with E-state index >= 15 is 0 Å². The predicted octanol–water partition coefficient (Wildman–Crippen LogP) is 6.28. The highest BCUT2D eigenvalue weighted by Gasteiger charge is 2.48. The van der Waals surface area contributed by atoms with Crippen LogP contribution in [-0.2, 0) is 38.0 Å². The van der Waals surface area contributed by atoms with Crippen molar-refractivity contribution in [1.29, 1.82) is 0 Å². The average Bonchev–Trinajstić information content (AvgIpc) is 2.87. The molecule has 11 nitrogen and oxygen atoms in total. The van der Waals surface area contributed by atoms with Crippen LogP contribution in [0.15, 0.2) is 63.2 Å². The van der Waals surface area contributed by atoms with Crippen LogP contribution in [0.1, 0.15) is 48.0 Å². The van der Waals surface area contributed by atoms with Gasteiger partial charge in [-0.3, -0.25) is 13.6 Å². The summed E-state index contributed by atoms with van der Waals surface area (Å²) in [7, 11) is -12.6. The molecule has 262 valence electrons. The molecule has 0 spiro atoms. The van der Waals surface area contributed by atoms with E-state index in [9.17, 15) is 34.6 Å². The van der Waals surface area contributed by atoms with Crippen LogP contribution in [0, 0.1) is 0 Å². The van der Waals surface area contributed by atoms with Crippen molar-refractivity contribution < 1.29 is 48.1 Å². The summed E-state index contributed by atoms with van der Waals surface area (Å²) in [6.45, 7) is 10.9. The number of nitrogens with zero attached hydrogens (tertiary/aromatic N) is 1.